The summed E-state index contributed by atoms with van der Waals surface area (Å²) in [7, 11) is 0. The second kappa shape index (κ2) is 6.50. The number of benzene rings is 1. The van der Waals surface area contributed by atoms with E-state index in [0.717, 1.165) is 38.1 Å². The average molecular weight is 339 g/mol. The number of urea groups is 1. The first-order valence-corrected chi connectivity index (χ1v) is 9.16. The van der Waals surface area contributed by atoms with Crippen LogP contribution in [0.3, 0.4) is 0 Å². The van der Waals surface area contributed by atoms with Crippen molar-refractivity contribution < 1.29 is 4.79 Å². The lowest BCUT2D eigenvalue weighted by molar-refractivity contribution is 0.228. The van der Waals surface area contributed by atoms with Crippen LogP contribution < -0.4 is 10.6 Å². The van der Waals surface area contributed by atoms with Gasteiger partial charge in [-0.25, -0.2) is 14.5 Å². The molecule has 6 nitrogen and oxygen atoms in total. The molecule has 6 heteroatoms. The van der Waals surface area contributed by atoms with Gasteiger partial charge in [0, 0.05) is 18.5 Å². The van der Waals surface area contributed by atoms with Crippen LogP contribution in [0.1, 0.15) is 55.6 Å². The highest BCUT2D eigenvalue weighted by Gasteiger charge is 2.32. The third kappa shape index (κ3) is 3.13. The standard InChI is InChI=1S/C19H25N5O/c1-19(10-4-7-14-6-2-3-8-15(14)19)12-20-18(25)23-16-9-5-11-24-17(16)21-13-22-24/h2-3,6,8,13,16H,4-5,7,9-12H2,1H3,(H2,20,23,25)/t16-,19-/m1/s1. The monoisotopic (exact) mass is 339 g/mol. The van der Waals surface area contributed by atoms with Crippen LogP contribution in [0.4, 0.5) is 4.79 Å². The summed E-state index contributed by atoms with van der Waals surface area (Å²) in [5.41, 5.74) is 2.79. The third-order valence-corrected chi connectivity index (χ3v) is 5.61. The lowest BCUT2D eigenvalue weighted by Crippen LogP contribution is -2.46. The van der Waals surface area contributed by atoms with Gasteiger partial charge in [-0.15, -0.1) is 0 Å². The van der Waals surface area contributed by atoms with Gasteiger partial charge in [-0.3, -0.25) is 0 Å². The maximum atomic E-state index is 12.5. The molecule has 0 radical (unpaired) electrons. The minimum Gasteiger partial charge on any atom is -0.337 e. The fourth-order valence-corrected chi connectivity index (χ4v) is 4.23. The maximum Gasteiger partial charge on any atom is 0.315 e. The fraction of sp³-hybridized carbons (Fsp3) is 0.526. The van der Waals surface area contributed by atoms with Crippen molar-refractivity contribution in [2.24, 2.45) is 0 Å². The van der Waals surface area contributed by atoms with Crippen molar-refractivity contribution in [2.75, 3.05) is 6.54 Å². The highest BCUT2D eigenvalue weighted by Crippen LogP contribution is 2.36. The number of amides is 2. The van der Waals surface area contributed by atoms with Gasteiger partial charge < -0.3 is 10.6 Å². The summed E-state index contributed by atoms with van der Waals surface area (Å²) >= 11 is 0. The van der Waals surface area contributed by atoms with E-state index >= 15 is 0 Å². The Bertz CT molecular complexity index is 771. The number of aryl methyl sites for hydroxylation is 2. The second-order valence-corrected chi connectivity index (χ2v) is 7.43. The van der Waals surface area contributed by atoms with Gasteiger partial charge >= 0.3 is 6.03 Å². The SMILES string of the molecule is C[C@]1(CNC(=O)N[C@@H]2CCCn3ncnc32)CCCc2ccccc21. The number of fused-ring (bicyclic) bond motifs is 2. The summed E-state index contributed by atoms with van der Waals surface area (Å²) in [6, 6.07) is 8.44. The Labute approximate surface area is 148 Å². The van der Waals surface area contributed by atoms with Crippen LogP contribution in [0.5, 0.6) is 0 Å². The Morgan fingerprint density at radius 2 is 2.24 bits per heavy atom. The lowest BCUT2D eigenvalue weighted by Gasteiger charge is -2.36. The summed E-state index contributed by atoms with van der Waals surface area (Å²) in [5.74, 6) is 0.857. The van der Waals surface area contributed by atoms with Gasteiger partial charge in [0.2, 0.25) is 0 Å². The summed E-state index contributed by atoms with van der Waals surface area (Å²) in [4.78, 5) is 16.8. The molecule has 2 heterocycles. The topological polar surface area (TPSA) is 71.8 Å². The van der Waals surface area contributed by atoms with Crippen LogP contribution in [0, 0.1) is 0 Å². The molecule has 0 spiro atoms. The van der Waals surface area contributed by atoms with Crippen molar-refractivity contribution >= 4 is 6.03 Å². The van der Waals surface area contributed by atoms with E-state index in [-0.39, 0.29) is 17.5 Å². The van der Waals surface area contributed by atoms with E-state index in [2.05, 4.69) is 51.9 Å². The van der Waals surface area contributed by atoms with Crippen LogP contribution in [-0.4, -0.2) is 27.3 Å². The molecule has 0 saturated heterocycles. The van der Waals surface area contributed by atoms with Crippen LogP contribution in [0.15, 0.2) is 30.6 Å². The Kier molecular flexibility index (Phi) is 4.19. The molecule has 2 aromatic rings. The third-order valence-electron chi connectivity index (χ3n) is 5.61. The largest absolute Gasteiger partial charge is 0.337 e. The van der Waals surface area contributed by atoms with Crippen LogP contribution in [-0.2, 0) is 18.4 Å². The van der Waals surface area contributed by atoms with Gasteiger partial charge in [-0.1, -0.05) is 31.2 Å². The first kappa shape index (κ1) is 16.1. The van der Waals surface area contributed by atoms with Gasteiger partial charge in [0.15, 0.2) is 0 Å². The van der Waals surface area contributed by atoms with Crippen molar-refractivity contribution in [2.45, 2.75) is 57.0 Å². The molecule has 0 fully saturated rings. The molecule has 25 heavy (non-hydrogen) atoms. The number of carbonyl (C=O) groups is 1. The number of hydrogen-bond donors (Lipinski definition) is 2. The smallest absolute Gasteiger partial charge is 0.315 e. The molecule has 2 atom stereocenters. The number of rotatable bonds is 3. The van der Waals surface area contributed by atoms with Gasteiger partial charge in [0.25, 0.3) is 0 Å². The lowest BCUT2D eigenvalue weighted by atomic mass is 9.71. The van der Waals surface area contributed by atoms with E-state index in [1.54, 1.807) is 6.33 Å². The quantitative estimate of drug-likeness (QED) is 0.903. The van der Waals surface area contributed by atoms with Crippen LogP contribution in [0.25, 0.3) is 0 Å². The van der Waals surface area contributed by atoms with Crippen molar-refractivity contribution in [1.29, 1.82) is 0 Å². The molecule has 1 aliphatic heterocycles. The van der Waals surface area contributed by atoms with E-state index in [1.807, 2.05) is 4.68 Å². The van der Waals surface area contributed by atoms with Crippen molar-refractivity contribution in [1.82, 2.24) is 25.4 Å². The molecule has 0 bridgehead atoms. The minimum atomic E-state index is -0.120. The Balaban J connectivity index is 1.40. The molecule has 2 aliphatic rings. The fourth-order valence-electron chi connectivity index (χ4n) is 4.23. The molecule has 1 aliphatic carbocycles. The Hall–Kier alpha value is -2.37. The molecular weight excluding hydrogens is 314 g/mol. The van der Waals surface area contributed by atoms with Crippen molar-refractivity contribution in [3.05, 3.63) is 47.5 Å². The Morgan fingerprint density at radius 1 is 1.36 bits per heavy atom. The van der Waals surface area contributed by atoms with Gasteiger partial charge in [0.05, 0.1) is 6.04 Å². The van der Waals surface area contributed by atoms with Gasteiger partial charge in [-0.2, -0.15) is 5.10 Å². The summed E-state index contributed by atoms with van der Waals surface area (Å²) in [6.45, 7) is 3.78. The molecule has 2 amide bonds. The minimum absolute atomic E-state index is 0.00122. The summed E-state index contributed by atoms with van der Waals surface area (Å²) < 4.78 is 1.88. The molecule has 0 unspecified atom stereocenters. The zero-order chi connectivity index (χ0) is 17.3. The molecule has 2 N–H and O–H groups in total. The van der Waals surface area contributed by atoms with E-state index in [9.17, 15) is 4.79 Å². The van der Waals surface area contributed by atoms with E-state index < -0.39 is 0 Å². The van der Waals surface area contributed by atoms with Crippen LogP contribution in [0.2, 0.25) is 0 Å². The second-order valence-electron chi connectivity index (χ2n) is 7.43. The van der Waals surface area contributed by atoms with Crippen molar-refractivity contribution in [3.8, 4) is 0 Å². The van der Waals surface area contributed by atoms with Gasteiger partial charge in [0.1, 0.15) is 12.2 Å². The van der Waals surface area contributed by atoms with E-state index in [0.29, 0.717) is 6.54 Å². The number of nitrogens with one attached hydrogen (secondary N) is 2. The van der Waals surface area contributed by atoms with E-state index in [4.69, 9.17) is 0 Å². The predicted molar refractivity (Wildman–Crippen MR) is 95.3 cm³/mol. The Morgan fingerprint density at radius 3 is 3.16 bits per heavy atom. The number of carbonyl (C=O) groups excluding carboxylic acids is 1. The molecule has 4 rings (SSSR count). The number of nitrogens with zero attached hydrogens (tertiary/aromatic N) is 3. The van der Waals surface area contributed by atoms with Crippen LogP contribution >= 0.6 is 0 Å². The molecule has 0 saturated carbocycles. The highest BCUT2D eigenvalue weighted by atomic mass is 16.2. The molecular formula is C19H25N5O. The summed E-state index contributed by atoms with van der Waals surface area (Å²) in [5, 5.41) is 10.4. The number of aromatic nitrogens is 3. The van der Waals surface area contributed by atoms with E-state index in [1.165, 1.54) is 17.5 Å². The average Bonchev–Trinajstić information content (AvgIpc) is 3.11. The molecule has 1 aromatic carbocycles. The predicted octanol–water partition coefficient (Wildman–Crippen LogP) is 2.71. The highest BCUT2D eigenvalue weighted by molar-refractivity contribution is 5.74. The van der Waals surface area contributed by atoms with Crippen molar-refractivity contribution in [3.63, 3.8) is 0 Å². The zero-order valence-electron chi connectivity index (χ0n) is 14.7. The molecule has 1 aromatic heterocycles. The zero-order valence-corrected chi connectivity index (χ0v) is 14.7. The first-order chi connectivity index (χ1) is 12.2. The summed E-state index contributed by atoms with van der Waals surface area (Å²) in [6.07, 6.45) is 6.88. The maximum absolute atomic E-state index is 12.5. The first-order valence-electron chi connectivity index (χ1n) is 9.16. The molecule has 132 valence electrons. The normalized spacial score (nSPS) is 24.9. The number of hydrogen-bond acceptors (Lipinski definition) is 3. The van der Waals surface area contributed by atoms with Gasteiger partial charge in [-0.05, 0) is 43.2 Å².